The highest BCUT2D eigenvalue weighted by atomic mass is 35.5. The van der Waals surface area contributed by atoms with Crippen LogP contribution < -0.4 is 15.8 Å². The van der Waals surface area contributed by atoms with Crippen LogP contribution in [-0.4, -0.2) is 48.4 Å². The van der Waals surface area contributed by atoms with Gasteiger partial charge in [-0.2, -0.15) is 0 Å². The van der Waals surface area contributed by atoms with Gasteiger partial charge in [-0.25, -0.2) is 4.98 Å². The number of nitrogens with two attached hydrogens (primary N) is 1. The standard InChI is InChI=1S/C17H22N4O3S.ClH/c1-3-21(17(23)14-11-25-16(20-14)7-8-18)10-15(22)19-12-5-4-6-13(9-12)24-2;/h4-6,9,11H,3,7-8,10,18H2,1-2H3,(H,19,22);1H. The third kappa shape index (κ3) is 5.98. The maximum atomic E-state index is 12.5. The third-order valence-electron chi connectivity index (χ3n) is 3.49. The van der Waals surface area contributed by atoms with E-state index in [0.29, 0.717) is 36.6 Å². The molecule has 26 heavy (non-hydrogen) atoms. The lowest BCUT2D eigenvalue weighted by molar-refractivity contribution is -0.116. The highest BCUT2D eigenvalue weighted by Crippen LogP contribution is 2.17. The Hall–Kier alpha value is -2.16. The lowest BCUT2D eigenvalue weighted by atomic mass is 10.3. The summed E-state index contributed by atoms with van der Waals surface area (Å²) in [4.78, 5) is 30.5. The highest BCUT2D eigenvalue weighted by molar-refractivity contribution is 7.09. The van der Waals surface area contributed by atoms with Gasteiger partial charge >= 0.3 is 0 Å². The SMILES string of the molecule is CCN(CC(=O)Nc1cccc(OC)c1)C(=O)c1csc(CCN)n1.Cl. The number of halogens is 1. The lowest BCUT2D eigenvalue weighted by Gasteiger charge is -2.19. The van der Waals surface area contributed by atoms with Crippen LogP contribution in [0.2, 0.25) is 0 Å². The number of amides is 2. The van der Waals surface area contributed by atoms with Crippen molar-refractivity contribution in [3.63, 3.8) is 0 Å². The maximum absolute atomic E-state index is 12.5. The zero-order valence-corrected chi connectivity index (χ0v) is 16.4. The Labute approximate surface area is 163 Å². The van der Waals surface area contributed by atoms with Gasteiger partial charge in [-0.1, -0.05) is 6.07 Å². The number of nitrogens with zero attached hydrogens (tertiary/aromatic N) is 2. The molecule has 0 bridgehead atoms. The largest absolute Gasteiger partial charge is 0.497 e. The summed E-state index contributed by atoms with van der Waals surface area (Å²) in [6.45, 7) is 2.68. The molecule has 0 atom stereocenters. The van der Waals surface area contributed by atoms with E-state index in [2.05, 4.69) is 10.3 Å². The summed E-state index contributed by atoms with van der Waals surface area (Å²) in [6, 6.07) is 7.05. The van der Waals surface area contributed by atoms with Gasteiger partial charge in [0.15, 0.2) is 0 Å². The number of hydrogen-bond donors (Lipinski definition) is 2. The second-order valence-corrected chi connectivity index (χ2v) is 6.21. The van der Waals surface area contributed by atoms with Crippen molar-refractivity contribution >= 4 is 41.2 Å². The second-order valence-electron chi connectivity index (χ2n) is 5.26. The zero-order valence-electron chi connectivity index (χ0n) is 14.7. The second kappa shape index (κ2) is 10.7. The van der Waals surface area contributed by atoms with Gasteiger partial charge in [-0.15, -0.1) is 23.7 Å². The van der Waals surface area contributed by atoms with E-state index in [1.807, 2.05) is 6.92 Å². The highest BCUT2D eigenvalue weighted by Gasteiger charge is 2.20. The molecule has 9 heteroatoms. The normalized spacial score (nSPS) is 9.96. The lowest BCUT2D eigenvalue weighted by Crippen LogP contribution is -2.38. The molecule has 2 amide bonds. The van der Waals surface area contributed by atoms with Crippen LogP contribution in [0.4, 0.5) is 5.69 Å². The van der Waals surface area contributed by atoms with E-state index < -0.39 is 0 Å². The fraction of sp³-hybridized carbons (Fsp3) is 0.353. The average Bonchev–Trinajstić information content (AvgIpc) is 3.08. The van der Waals surface area contributed by atoms with E-state index in [1.165, 1.54) is 16.2 Å². The first-order valence-corrected chi connectivity index (χ1v) is 8.83. The van der Waals surface area contributed by atoms with Gasteiger partial charge in [0.05, 0.1) is 12.1 Å². The first-order chi connectivity index (χ1) is 12.1. The van der Waals surface area contributed by atoms with Crippen LogP contribution in [0.5, 0.6) is 5.75 Å². The Morgan fingerprint density at radius 3 is 2.81 bits per heavy atom. The molecule has 0 aliphatic rings. The number of carbonyl (C=O) groups excluding carboxylic acids is 2. The summed E-state index contributed by atoms with van der Waals surface area (Å²) in [5.74, 6) is 0.111. The van der Waals surface area contributed by atoms with Crippen LogP contribution in [0.1, 0.15) is 22.4 Å². The quantitative estimate of drug-likeness (QED) is 0.710. The number of ether oxygens (including phenoxy) is 1. The van der Waals surface area contributed by atoms with Crippen LogP contribution in [0.25, 0.3) is 0 Å². The van der Waals surface area contributed by atoms with E-state index in [1.54, 1.807) is 36.8 Å². The van der Waals surface area contributed by atoms with Crippen LogP contribution in [0.3, 0.4) is 0 Å². The van der Waals surface area contributed by atoms with Crippen molar-refractivity contribution in [2.75, 3.05) is 32.1 Å². The summed E-state index contributed by atoms with van der Waals surface area (Å²) < 4.78 is 5.13. The third-order valence-corrected chi connectivity index (χ3v) is 4.39. The Morgan fingerprint density at radius 1 is 1.38 bits per heavy atom. The number of methoxy groups -OCH3 is 1. The molecule has 0 aliphatic heterocycles. The molecule has 0 spiro atoms. The van der Waals surface area contributed by atoms with Gasteiger partial charge in [0.25, 0.3) is 5.91 Å². The van der Waals surface area contributed by atoms with Crippen molar-refractivity contribution in [3.05, 3.63) is 40.3 Å². The summed E-state index contributed by atoms with van der Waals surface area (Å²) in [6.07, 6.45) is 0.639. The van der Waals surface area contributed by atoms with Gasteiger partial charge in [0.1, 0.15) is 18.0 Å². The van der Waals surface area contributed by atoms with Crippen molar-refractivity contribution in [2.24, 2.45) is 5.73 Å². The minimum Gasteiger partial charge on any atom is -0.497 e. The minimum absolute atomic E-state index is 0. The van der Waals surface area contributed by atoms with Gasteiger partial charge in [-0.3, -0.25) is 9.59 Å². The van der Waals surface area contributed by atoms with E-state index in [-0.39, 0.29) is 30.8 Å². The molecule has 0 saturated carbocycles. The van der Waals surface area contributed by atoms with Crippen molar-refractivity contribution in [3.8, 4) is 5.75 Å². The molecule has 0 fully saturated rings. The smallest absolute Gasteiger partial charge is 0.273 e. The molecule has 0 saturated heterocycles. The van der Waals surface area contributed by atoms with Crippen molar-refractivity contribution in [2.45, 2.75) is 13.3 Å². The van der Waals surface area contributed by atoms with Crippen LogP contribution in [0.15, 0.2) is 29.6 Å². The molecular formula is C17H23ClN4O3S. The summed E-state index contributed by atoms with van der Waals surface area (Å²) in [5.41, 5.74) is 6.47. The topological polar surface area (TPSA) is 97.6 Å². The van der Waals surface area contributed by atoms with Crippen LogP contribution in [0, 0.1) is 0 Å². The Bertz CT molecular complexity index is 738. The Morgan fingerprint density at radius 2 is 2.15 bits per heavy atom. The fourth-order valence-corrected chi connectivity index (χ4v) is 3.00. The molecule has 1 heterocycles. The molecule has 2 rings (SSSR count). The van der Waals surface area contributed by atoms with E-state index in [0.717, 1.165) is 5.01 Å². The number of rotatable bonds is 8. The summed E-state index contributed by atoms with van der Waals surface area (Å²) in [5, 5.41) is 5.29. The molecule has 142 valence electrons. The summed E-state index contributed by atoms with van der Waals surface area (Å²) >= 11 is 1.40. The van der Waals surface area contributed by atoms with E-state index in [4.69, 9.17) is 10.5 Å². The number of benzene rings is 1. The minimum atomic E-state index is -0.277. The van der Waals surface area contributed by atoms with Crippen molar-refractivity contribution in [1.29, 1.82) is 0 Å². The molecule has 1 aromatic carbocycles. The molecule has 0 unspecified atom stereocenters. The first-order valence-electron chi connectivity index (χ1n) is 7.95. The number of carbonyl (C=O) groups is 2. The average molecular weight is 399 g/mol. The molecule has 3 N–H and O–H groups in total. The monoisotopic (exact) mass is 398 g/mol. The molecule has 0 aliphatic carbocycles. The Kier molecular flexibility index (Phi) is 9.04. The number of anilines is 1. The number of aromatic nitrogens is 1. The summed E-state index contributed by atoms with van der Waals surface area (Å²) in [7, 11) is 1.56. The first kappa shape index (κ1) is 21.9. The maximum Gasteiger partial charge on any atom is 0.273 e. The van der Waals surface area contributed by atoms with Gasteiger partial charge in [-0.05, 0) is 25.6 Å². The number of likely N-dealkylation sites (N-methyl/N-ethyl adjacent to an activating group) is 1. The van der Waals surface area contributed by atoms with Gasteiger partial charge < -0.3 is 20.7 Å². The molecule has 0 radical (unpaired) electrons. The van der Waals surface area contributed by atoms with Crippen LogP contribution in [-0.2, 0) is 11.2 Å². The fourth-order valence-electron chi connectivity index (χ4n) is 2.21. The zero-order chi connectivity index (χ0) is 18.2. The van der Waals surface area contributed by atoms with E-state index >= 15 is 0 Å². The predicted octanol–water partition coefficient (Wildman–Crippen LogP) is 2.18. The van der Waals surface area contributed by atoms with Crippen LogP contribution >= 0.6 is 23.7 Å². The molecular weight excluding hydrogens is 376 g/mol. The molecule has 2 aromatic rings. The van der Waals surface area contributed by atoms with Gasteiger partial charge in [0.2, 0.25) is 5.91 Å². The van der Waals surface area contributed by atoms with Crippen molar-refractivity contribution in [1.82, 2.24) is 9.88 Å². The number of nitrogens with one attached hydrogen (secondary N) is 1. The molecule has 1 aromatic heterocycles. The Balaban J connectivity index is 0.00000338. The van der Waals surface area contributed by atoms with Crippen molar-refractivity contribution < 1.29 is 14.3 Å². The molecule has 7 nitrogen and oxygen atoms in total. The van der Waals surface area contributed by atoms with Gasteiger partial charge in [0, 0.05) is 30.1 Å². The number of hydrogen-bond acceptors (Lipinski definition) is 6. The number of thiazole rings is 1. The predicted molar refractivity (Wildman–Crippen MR) is 105 cm³/mol. The van der Waals surface area contributed by atoms with E-state index in [9.17, 15) is 9.59 Å².